The third-order valence-corrected chi connectivity index (χ3v) is 7.26. The van der Waals surface area contributed by atoms with Gasteiger partial charge < -0.3 is 5.32 Å². The van der Waals surface area contributed by atoms with Gasteiger partial charge in [-0.15, -0.1) is 11.8 Å². The van der Waals surface area contributed by atoms with Crippen LogP contribution in [0.4, 0.5) is 4.39 Å². The van der Waals surface area contributed by atoms with Gasteiger partial charge in [-0.1, -0.05) is 78.3 Å². The van der Waals surface area contributed by atoms with Crippen LogP contribution in [0.5, 0.6) is 0 Å². The Kier molecular flexibility index (Phi) is 8.93. The number of hydrogen-bond acceptors (Lipinski definition) is 3. The number of hydrogen-bond donors (Lipinski definition) is 1. The molecule has 0 bridgehead atoms. The van der Waals surface area contributed by atoms with E-state index in [4.69, 9.17) is 11.6 Å². The van der Waals surface area contributed by atoms with Crippen molar-refractivity contribution in [2.24, 2.45) is 0 Å². The van der Waals surface area contributed by atoms with E-state index < -0.39 is 17.8 Å². The van der Waals surface area contributed by atoms with E-state index in [1.54, 1.807) is 11.8 Å². The average Bonchev–Trinajstić information content (AvgIpc) is 2.89. The summed E-state index contributed by atoms with van der Waals surface area (Å²) in [5.74, 6) is -0.177. The zero-order valence-corrected chi connectivity index (χ0v) is 21.1. The molecule has 0 fully saturated rings. The monoisotopic (exact) mass is 517 g/mol. The Morgan fingerprint density at radius 2 is 1.44 bits per heavy atom. The second-order valence-electron chi connectivity index (χ2n) is 8.40. The smallest absolute Gasteiger partial charge is 0.251 e. The highest BCUT2D eigenvalue weighted by Gasteiger charge is 2.22. The lowest BCUT2D eigenvalue weighted by molar-refractivity contribution is -0.120. The van der Waals surface area contributed by atoms with Crippen LogP contribution in [-0.4, -0.2) is 17.7 Å². The van der Waals surface area contributed by atoms with Crippen LogP contribution in [0.15, 0.2) is 108 Å². The fourth-order valence-corrected chi connectivity index (χ4v) is 5.01. The first-order valence-electron chi connectivity index (χ1n) is 11.6. The molecule has 182 valence electrons. The van der Waals surface area contributed by atoms with Gasteiger partial charge in [-0.2, -0.15) is 0 Å². The predicted molar refractivity (Wildman–Crippen MR) is 144 cm³/mol. The number of amides is 1. The van der Waals surface area contributed by atoms with Crippen molar-refractivity contribution in [3.8, 4) is 0 Å². The highest BCUT2D eigenvalue weighted by atomic mass is 35.5. The van der Waals surface area contributed by atoms with Gasteiger partial charge >= 0.3 is 0 Å². The lowest BCUT2D eigenvalue weighted by Gasteiger charge is -2.18. The van der Waals surface area contributed by atoms with E-state index in [1.807, 2.05) is 66.7 Å². The molecule has 4 aromatic rings. The largest absolute Gasteiger partial charge is 0.342 e. The molecule has 0 saturated carbocycles. The quantitative estimate of drug-likeness (QED) is 0.232. The molecule has 4 aromatic carbocycles. The Balaban J connectivity index is 1.45. The summed E-state index contributed by atoms with van der Waals surface area (Å²) in [6.45, 7) is 0. The molecule has 0 aromatic heterocycles. The van der Waals surface area contributed by atoms with Crippen LogP contribution in [0.25, 0.3) is 0 Å². The second kappa shape index (κ2) is 12.5. The topological polar surface area (TPSA) is 46.2 Å². The van der Waals surface area contributed by atoms with Crippen LogP contribution in [-0.2, 0) is 23.4 Å². The summed E-state index contributed by atoms with van der Waals surface area (Å²) in [7, 11) is 0. The van der Waals surface area contributed by atoms with Crippen molar-refractivity contribution in [1.82, 2.24) is 5.32 Å². The van der Waals surface area contributed by atoms with E-state index in [1.165, 1.54) is 29.8 Å². The molecule has 1 N–H and O–H groups in total. The van der Waals surface area contributed by atoms with Crippen molar-refractivity contribution in [2.45, 2.75) is 29.5 Å². The lowest BCUT2D eigenvalue weighted by Crippen LogP contribution is -2.43. The predicted octanol–water partition coefficient (Wildman–Crippen LogP) is 6.92. The van der Waals surface area contributed by atoms with Gasteiger partial charge in [0.25, 0.3) is 5.91 Å². The summed E-state index contributed by atoms with van der Waals surface area (Å²) in [4.78, 5) is 27.1. The molecule has 4 rings (SSSR count). The number of halogens is 2. The van der Waals surface area contributed by atoms with E-state index >= 15 is 0 Å². The van der Waals surface area contributed by atoms with Crippen molar-refractivity contribution in [1.29, 1.82) is 0 Å². The van der Waals surface area contributed by atoms with Gasteiger partial charge in [0, 0.05) is 22.6 Å². The molecule has 0 aliphatic heterocycles. The first-order valence-corrected chi connectivity index (χ1v) is 12.9. The molecule has 6 heteroatoms. The van der Waals surface area contributed by atoms with E-state index in [-0.39, 0.29) is 12.2 Å². The number of ketones is 1. The third-order valence-electron chi connectivity index (χ3n) is 5.69. The first kappa shape index (κ1) is 25.7. The van der Waals surface area contributed by atoms with Gasteiger partial charge in [-0.25, -0.2) is 4.39 Å². The number of thioether (sulfide) groups is 1. The highest BCUT2D eigenvalue weighted by Crippen LogP contribution is 2.30. The van der Waals surface area contributed by atoms with Crippen LogP contribution >= 0.6 is 23.4 Å². The molecule has 0 radical (unpaired) electrons. The number of Topliss-reactive ketones (excluding diaryl/α,β-unsaturated/α-hetero) is 1. The van der Waals surface area contributed by atoms with Crippen molar-refractivity contribution < 1.29 is 14.0 Å². The standard InChI is InChI=1S/C30H25ClFNO2S/c31-26-17-23(11-16-29(26)36-20-22-9-5-2-6-10-22)19-28(34)27(18-21-7-3-1-4-8-21)33-30(35)24-12-14-25(32)15-13-24/h1-17,27H,18-20H2,(H,33,35)/t27-/m0/s1. The molecular formula is C30H25ClFNO2S. The van der Waals surface area contributed by atoms with Crippen LogP contribution in [0, 0.1) is 5.82 Å². The van der Waals surface area contributed by atoms with Crippen molar-refractivity contribution in [3.63, 3.8) is 0 Å². The van der Waals surface area contributed by atoms with Crippen molar-refractivity contribution in [2.75, 3.05) is 0 Å². The highest BCUT2D eigenvalue weighted by molar-refractivity contribution is 7.98. The molecule has 0 spiro atoms. The minimum Gasteiger partial charge on any atom is -0.342 e. The van der Waals surface area contributed by atoms with Gasteiger partial charge in [0.1, 0.15) is 5.82 Å². The maximum absolute atomic E-state index is 13.3. The fraction of sp³-hybridized carbons (Fsp3) is 0.133. The van der Waals surface area contributed by atoms with Crippen LogP contribution in [0.3, 0.4) is 0 Å². The molecule has 1 amide bonds. The number of nitrogens with one attached hydrogen (secondary N) is 1. The van der Waals surface area contributed by atoms with Gasteiger partial charge in [0.2, 0.25) is 0 Å². The van der Waals surface area contributed by atoms with Crippen LogP contribution in [0.1, 0.15) is 27.0 Å². The van der Waals surface area contributed by atoms with Gasteiger partial charge in [-0.05, 0) is 59.5 Å². The van der Waals surface area contributed by atoms with Gasteiger partial charge in [0.15, 0.2) is 5.78 Å². The summed E-state index contributed by atoms with van der Waals surface area (Å²) in [5, 5.41) is 3.43. The number of benzene rings is 4. The average molecular weight is 518 g/mol. The van der Waals surface area contributed by atoms with Crippen molar-refractivity contribution in [3.05, 3.63) is 136 Å². The van der Waals surface area contributed by atoms with Gasteiger partial charge in [0.05, 0.1) is 11.1 Å². The summed E-state index contributed by atoms with van der Waals surface area (Å²) in [5.41, 5.74) is 3.22. The summed E-state index contributed by atoms with van der Waals surface area (Å²) >= 11 is 8.18. The Labute approximate surface area is 219 Å². The van der Waals surface area contributed by atoms with Crippen molar-refractivity contribution >= 4 is 35.1 Å². The van der Waals surface area contributed by atoms with E-state index in [9.17, 15) is 14.0 Å². The molecule has 0 aliphatic rings. The SMILES string of the molecule is O=C(N[C@@H](Cc1ccccc1)C(=O)Cc1ccc(SCc2ccccc2)c(Cl)c1)c1ccc(F)cc1. The Morgan fingerprint density at radius 1 is 0.806 bits per heavy atom. The minimum atomic E-state index is -0.740. The zero-order valence-electron chi connectivity index (χ0n) is 19.5. The molecule has 0 saturated heterocycles. The number of carbonyl (C=O) groups excluding carboxylic acids is 2. The number of rotatable bonds is 10. The maximum atomic E-state index is 13.3. The molecule has 3 nitrogen and oxygen atoms in total. The summed E-state index contributed by atoms with van der Waals surface area (Å²) < 4.78 is 13.3. The third kappa shape index (κ3) is 7.30. The maximum Gasteiger partial charge on any atom is 0.251 e. The van der Waals surface area contributed by atoms with Crippen LogP contribution < -0.4 is 5.32 Å². The summed E-state index contributed by atoms with van der Waals surface area (Å²) in [6.07, 6.45) is 0.482. The number of carbonyl (C=O) groups is 2. The molecule has 0 aliphatic carbocycles. The molecule has 0 heterocycles. The second-order valence-corrected chi connectivity index (χ2v) is 9.83. The fourth-order valence-electron chi connectivity index (χ4n) is 3.77. The summed E-state index contributed by atoms with van der Waals surface area (Å²) in [6, 6.07) is 29.8. The van der Waals surface area contributed by atoms with E-state index in [0.717, 1.165) is 21.8 Å². The molecule has 0 unspecified atom stereocenters. The lowest BCUT2D eigenvalue weighted by atomic mass is 9.97. The molecule has 1 atom stereocenters. The first-order chi connectivity index (χ1) is 17.5. The zero-order chi connectivity index (χ0) is 25.3. The Morgan fingerprint density at radius 3 is 2.08 bits per heavy atom. The van der Waals surface area contributed by atoms with E-state index in [2.05, 4.69) is 17.4 Å². The van der Waals surface area contributed by atoms with Crippen LogP contribution in [0.2, 0.25) is 5.02 Å². The molecular weight excluding hydrogens is 493 g/mol. The Bertz CT molecular complexity index is 1310. The normalized spacial score (nSPS) is 11.6. The minimum absolute atomic E-state index is 0.130. The molecule has 36 heavy (non-hydrogen) atoms. The Hall–Kier alpha value is -3.41. The van der Waals surface area contributed by atoms with Gasteiger partial charge in [-0.3, -0.25) is 9.59 Å². The van der Waals surface area contributed by atoms with E-state index in [0.29, 0.717) is 17.0 Å².